The number of hydrogen-bond acceptors (Lipinski definition) is 5. The van der Waals surface area contributed by atoms with Crippen LogP contribution >= 0.6 is 11.8 Å². The highest BCUT2D eigenvalue weighted by atomic mass is 32.2. The molecule has 6 nitrogen and oxygen atoms in total. The Hall–Kier alpha value is -2.28. The normalized spacial score (nSPS) is 14.5. The third kappa shape index (κ3) is 4.66. The Morgan fingerprint density at radius 3 is 2.69 bits per heavy atom. The van der Waals surface area contributed by atoms with Gasteiger partial charge in [0.05, 0.1) is 11.8 Å². The summed E-state index contributed by atoms with van der Waals surface area (Å²) >= 11 is 1.19. The predicted octanol–water partition coefficient (Wildman–Crippen LogP) is 2.78. The van der Waals surface area contributed by atoms with Crippen LogP contribution in [0.25, 0.3) is 0 Å². The van der Waals surface area contributed by atoms with Gasteiger partial charge >= 0.3 is 0 Å². The lowest BCUT2D eigenvalue weighted by Gasteiger charge is -2.17. The van der Waals surface area contributed by atoms with Crippen molar-refractivity contribution < 1.29 is 9.90 Å². The molecule has 1 aromatic heterocycles. The van der Waals surface area contributed by atoms with Gasteiger partial charge in [-0.3, -0.25) is 14.2 Å². The topological polar surface area (TPSA) is 84.2 Å². The van der Waals surface area contributed by atoms with Gasteiger partial charge in [-0.15, -0.1) is 0 Å². The van der Waals surface area contributed by atoms with Crippen molar-refractivity contribution in [1.29, 1.82) is 0 Å². The number of nitrogens with zero attached hydrogens (tertiary/aromatic N) is 2. The molecular weight excluding hydrogens is 350 g/mol. The van der Waals surface area contributed by atoms with E-state index in [-0.39, 0.29) is 29.1 Å². The van der Waals surface area contributed by atoms with Gasteiger partial charge in [0.1, 0.15) is 0 Å². The molecule has 0 spiro atoms. The average Bonchev–Trinajstić information content (AvgIpc) is 3.13. The summed E-state index contributed by atoms with van der Waals surface area (Å²) in [4.78, 5) is 28.5. The van der Waals surface area contributed by atoms with Crippen LogP contribution in [0.3, 0.4) is 0 Å². The second-order valence-corrected chi connectivity index (χ2v) is 7.54. The molecule has 26 heavy (non-hydrogen) atoms. The monoisotopic (exact) mass is 373 g/mol. The molecule has 0 saturated heterocycles. The van der Waals surface area contributed by atoms with Gasteiger partial charge in [0, 0.05) is 12.6 Å². The van der Waals surface area contributed by atoms with Crippen molar-refractivity contribution in [2.75, 3.05) is 5.75 Å². The van der Waals surface area contributed by atoms with Crippen LogP contribution in [0.2, 0.25) is 0 Å². The van der Waals surface area contributed by atoms with Gasteiger partial charge < -0.3 is 10.4 Å². The van der Waals surface area contributed by atoms with E-state index in [2.05, 4.69) is 10.3 Å². The third-order valence-corrected chi connectivity index (χ3v) is 5.49. The van der Waals surface area contributed by atoms with Crippen molar-refractivity contribution in [3.63, 3.8) is 0 Å². The highest BCUT2D eigenvalue weighted by molar-refractivity contribution is 7.99. The smallest absolute Gasteiger partial charge is 0.258 e. The molecule has 2 aromatic rings. The van der Waals surface area contributed by atoms with Crippen molar-refractivity contribution in [3.05, 3.63) is 51.8 Å². The SMILES string of the molecule is Cc1ccc(CNC(=O)CSc2nc(O)cc(=O)n2C2CCCC2)cc1. The molecule has 0 radical (unpaired) electrons. The zero-order valence-electron chi connectivity index (χ0n) is 14.8. The molecule has 1 heterocycles. The van der Waals surface area contributed by atoms with E-state index >= 15 is 0 Å². The largest absolute Gasteiger partial charge is 0.493 e. The van der Waals surface area contributed by atoms with E-state index in [1.165, 1.54) is 17.3 Å². The fraction of sp³-hybridized carbons (Fsp3) is 0.421. The summed E-state index contributed by atoms with van der Waals surface area (Å²) in [6.45, 7) is 2.48. The zero-order valence-corrected chi connectivity index (χ0v) is 15.6. The summed E-state index contributed by atoms with van der Waals surface area (Å²) in [6, 6.07) is 9.23. The number of carbonyl (C=O) groups is 1. The van der Waals surface area contributed by atoms with Crippen molar-refractivity contribution in [3.8, 4) is 5.88 Å². The van der Waals surface area contributed by atoms with Gasteiger partial charge in [0.25, 0.3) is 5.56 Å². The number of thioether (sulfide) groups is 1. The van der Waals surface area contributed by atoms with Crippen LogP contribution in [0.1, 0.15) is 42.9 Å². The molecule has 0 atom stereocenters. The molecule has 1 saturated carbocycles. The van der Waals surface area contributed by atoms with Crippen LogP contribution in [0.5, 0.6) is 5.88 Å². The van der Waals surface area contributed by atoms with E-state index in [1.807, 2.05) is 31.2 Å². The van der Waals surface area contributed by atoms with Gasteiger partial charge in [-0.2, -0.15) is 4.98 Å². The Morgan fingerprint density at radius 2 is 2.00 bits per heavy atom. The van der Waals surface area contributed by atoms with E-state index < -0.39 is 0 Å². The predicted molar refractivity (Wildman–Crippen MR) is 101 cm³/mol. The van der Waals surface area contributed by atoms with Crippen molar-refractivity contribution >= 4 is 17.7 Å². The summed E-state index contributed by atoms with van der Waals surface area (Å²) in [6.07, 6.45) is 4.03. The molecule has 0 unspecified atom stereocenters. The molecule has 2 N–H and O–H groups in total. The summed E-state index contributed by atoms with van der Waals surface area (Å²) in [5, 5.41) is 12.9. The molecule has 1 aromatic carbocycles. The van der Waals surface area contributed by atoms with E-state index in [0.29, 0.717) is 11.7 Å². The molecule has 1 fully saturated rings. The highest BCUT2D eigenvalue weighted by Crippen LogP contribution is 2.31. The van der Waals surface area contributed by atoms with Gasteiger partial charge in [-0.05, 0) is 25.3 Å². The zero-order chi connectivity index (χ0) is 18.5. The Morgan fingerprint density at radius 1 is 1.31 bits per heavy atom. The molecule has 1 aliphatic carbocycles. The number of benzene rings is 1. The molecular formula is C19H23N3O3S. The van der Waals surface area contributed by atoms with Crippen LogP contribution in [0.4, 0.5) is 0 Å². The Bertz CT molecular complexity index is 827. The maximum absolute atomic E-state index is 12.3. The fourth-order valence-electron chi connectivity index (χ4n) is 3.15. The molecule has 1 aliphatic rings. The van der Waals surface area contributed by atoms with E-state index in [0.717, 1.165) is 37.3 Å². The van der Waals surface area contributed by atoms with Crippen molar-refractivity contribution in [1.82, 2.24) is 14.9 Å². The van der Waals surface area contributed by atoms with Gasteiger partial charge in [-0.1, -0.05) is 54.4 Å². The van der Waals surface area contributed by atoms with Crippen molar-refractivity contribution in [2.45, 2.75) is 50.4 Å². The molecule has 138 valence electrons. The number of hydrogen-bond donors (Lipinski definition) is 2. The van der Waals surface area contributed by atoms with Crippen LogP contribution in [0.15, 0.2) is 40.3 Å². The molecule has 1 amide bonds. The van der Waals surface area contributed by atoms with E-state index in [4.69, 9.17) is 0 Å². The minimum absolute atomic E-state index is 0.105. The number of carbonyl (C=O) groups excluding carboxylic acids is 1. The summed E-state index contributed by atoms with van der Waals surface area (Å²) in [7, 11) is 0. The number of rotatable bonds is 6. The maximum Gasteiger partial charge on any atom is 0.258 e. The number of aromatic hydroxyl groups is 1. The summed E-state index contributed by atoms with van der Waals surface area (Å²) in [5.41, 5.74) is 1.95. The number of amides is 1. The van der Waals surface area contributed by atoms with Crippen molar-refractivity contribution in [2.24, 2.45) is 0 Å². The first kappa shape index (κ1) is 18.5. The van der Waals surface area contributed by atoms with Crippen LogP contribution in [-0.2, 0) is 11.3 Å². The van der Waals surface area contributed by atoms with Gasteiger partial charge in [0.2, 0.25) is 11.8 Å². The van der Waals surface area contributed by atoms with Gasteiger partial charge in [0.15, 0.2) is 5.16 Å². The maximum atomic E-state index is 12.3. The number of aryl methyl sites for hydroxylation is 1. The third-order valence-electron chi connectivity index (χ3n) is 4.54. The second-order valence-electron chi connectivity index (χ2n) is 6.59. The molecule has 0 aliphatic heterocycles. The van der Waals surface area contributed by atoms with E-state index in [9.17, 15) is 14.7 Å². The Labute approximate surface area is 156 Å². The lowest BCUT2D eigenvalue weighted by atomic mass is 10.1. The first-order valence-corrected chi connectivity index (χ1v) is 9.79. The van der Waals surface area contributed by atoms with Crippen LogP contribution < -0.4 is 10.9 Å². The second kappa shape index (κ2) is 8.40. The standard InChI is InChI=1S/C19H23N3O3S/c1-13-6-8-14(9-7-13)11-20-17(24)12-26-19-21-16(23)10-18(25)22(19)15-4-2-3-5-15/h6-10,15,23H,2-5,11-12H2,1H3,(H,20,24). The fourth-order valence-corrected chi connectivity index (χ4v) is 4.04. The van der Waals surface area contributed by atoms with Crippen LogP contribution in [0, 0.1) is 6.92 Å². The van der Waals surface area contributed by atoms with Crippen LogP contribution in [-0.4, -0.2) is 26.3 Å². The molecule has 7 heteroatoms. The minimum Gasteiger partial charge on any atom is -0.493 e. The summed E-state index contributed by atoms with van der Waals surface area (Å²) < 4.78 is 1.63. The average molecular weight is 373 g/mol. The number of aromatic nitrogens is 2. The first-order chi connectivity index (χ1) is 12.5. The van der Waals surface area contributed by atoms with Gasteiger partial charge in [-0.25, -0.2) is 0 Å². The number of nitrogens with one attached hydrogen (secondary N) is 1. The quantitative estimate of drug-likeness (QED) is 0.601. The molecule has 3 rings (SSSR count). The summed E-state index contributed by atoms with van der Waals surface area (Å²) in [5.74, 6) is -0.285. The Balaban J connectivity index is 1.62. The lowest BCUT2D eigenvalue weighted by Crippen LogP contribution is -2.27. The van der Waals surface area contributed by atoms with E-state index in [1.54, 1.807) is 4.57 Å². The first-order valence-electron chi connectivity index (χ1n) is 8.80. The highest BCUT2D eigenvalue weighted by Gasteiger charge is 2.22. The Kier molecular flexibility index (Phi) is 5.98. The lowest BCUT2D eigenvalue weighted by molar-refractivity contribution is -0.118. The minimum atomic E-state index is -0.299. The molecule has 0 bridgehead atoms.